The maximum atomic E-state index is 9.46. The molecule has 1 heterocycles. The maximum absolute atomic E-state index is 9.46. The number of phenolic OH excluding ortho intramolecular Hbond substituents is 1. The molecule has 2 N–H and O–H groups in total. The Balaban J connectivity index is 1.80. The minimum absolute atomic E-state index is 0.234. The summed E-state index contributed by atoms with van der Waals surface area (Å²) in [6.07, 6.45) is 4.30. The number of aromatic nitrogens is 2. The second kappa shape index (κ2) is 4.74. The fraction of sp³-hybridized carbons (Fsp3) is 0.286. The molecule has 1 fully saturated rings. The van der Waals surface area contributed by atoms with Gasteiger partial charge in [0.15, 0.2) is 5.82 Å². The van der Waals surface area contributed by atoms with Gasteiger partial charge in [-0.3, -0.25) is 0 Å². The molecular formula is C14H15N3O. The van der Waals surface area contributed by atoms with Crippen LogP contribution in [0.5, 0.6) is 5.75 Å². The van der Waals surface area contributed by atoms with Crippen molar-refractivity contribution in [1.82, 2.24) is 15.3 Å². The van der Waals surface area contributed by atoms with E-state index in [2.05, 4.69) is 15.3 Å². The van der Waals surface area contributed by atoms with Gasteiger partial charge in [-0.1, -0.05) is 12.1 Å². The quantitative estimate of drug-likeness (QED) is 0.860. The number of aromatic hydroxyl groups is 1. The predicted molar refractivity (Wildman–Crippen MR) is 69.0 cm³/mol. The third-order valence-electron chi connectivity index (χ3n) is 2.97. The van der Waals surface area contributed by atoms with Crippen molar-refractivity contribution in [1.29, 1.82) is 0 Å². The Morgan fingerprint density at radius 3 is 2.94 bits per heavy atom. The first-order chi connectivity index (χ1) is 8.81. The highest BCUT2D eigenvalue weighted by Crippen LogP contribution is 2.21. The molecule has 1 aliphatic rings. The first kappa shape index (κ1) is 11.2. The van der Waals surface area contributed by atoms with Crippen molar-refractivity contribution < 1.29 is 5.11 Å². The van der Waals surface area contributed by atoms with Crippen LogP contribution in [0.1, 0.15) is 18.5 Å². The number of hydrogen-bond donors (Lipinski definition) is 2. The molecule has 0 spiro atoms. The van der Waals surface area contributed by atoms with E-state index in [1.54, 1.807) is 24.4 Å². The Morgan fingerprint density at radius 2 is 2.17 bits per heavy atom. The molecule has 92 valence electrons. The highest BCUT2D eigenvalue weighted by atomic mass is 16.3. The second-order valence-corrected chi connectivity index (χ2v) is 4.58. The van der Waals surface area contributed by atoms with Gasteiger partial charge in [-0.25, -0.2) is 9.97 Å². The summed E-state index contributed by atoms with van der Waals surface area (Å²) in [7, 11) is 0. The Morgan fingerprint density at radius 1 is 1.28 bits per heavy atom. The van der Waals surface area contributed by atoms with Crippen molar-refractivity contribution in [2.24, 2.45) is 0 Å². The van der Waals surface area contributed by atoms with E-state index in [1.807, 2.05) is 12.1 Å². The zero-order valence-electron chi connectivity index (χ0n) is 10.0. The molecule has 1 aromatic heterocycles. The molecule has 1 saturated carbocycles. The minimum Gasteiger partial charge on any atom is -0.508 e. The number of nitrogens with zero attached hydrogens (tertiary/aromatic N) is 2. The van der Waals surface area contributed by atoms with Gasteiger partial charge in [0.2, 0.25) is 0 Å². The highest BCUT2D eigenvalue weighted by Gasteiger charge is 2.20. The maximum Gasteiger partial charge on any atom is 0.159 e. The van der Waals surface area contributed by atoms with E-state index in [-0.39, 0.29) is 5.75 Å². The summed E-state index contributed by atoms with van der Waals surface area (Å²) < 4.78 is 0. The summed E-state index contributed by atoms with van der Waals surface area (Å²) in [5, 5.41) is 12.9. The third-order valence-corrected chi connectivity index (χ3v) is 2.97. The smallest absolute Gasteiger partial charge is 0.159 e. The van der Waals surface area contributed by atoms with Gasteiger partial charge in [0.1, 0.15) is 5.75 Å². The van der Waals surface area contributed by atoms with Gasteiger partial charge in [-0.15, -0.1) is 0 Å². The van der Waals surface area contributed by atoms with Crippen molar-refractivity contribution in [3.05, 3.63) is 42.2 Å². The molecule has 3 rings (SSSR count). The molecule has 0 saturated heterocycles. The molecule has 2 aromatic rings. The number of nitrogens with one attached hydrogen (secondary N) is 1. The van der Waals surface area contributed by atoms with E-state index in [9.17, 15) is 5.11 Å². The fourth-order valence-electron chi connectivity index (χ4n) is 1.81. The molecule has 1 aliphatic carbocycles. The van der Waals surface area contributed by atoms with E-state index in [4.69, 9.17) is 0 Å². The molecule has 4 heteroatoms. The molecule has 0 radical (unpaired) electrons. The number of hydrogen-bond acceptors (Lipinski definition) is 4. The zero-order chi connectivity index (χ0) is 12.4. The van der Waals surface area contributed by atoms with Gasteiger partial charge in [-0.05, 0) is 31.0 Å². The first-order valence-corrected chi connectivity index (χ1v) is 6.16. The van der Waals surface area contributed by atoms with Gasteiger partial charge in [0.05, 0.1) is 5.69 Å². The Hall–Kier alpha value is -1.94. The lowest BCUT2D eigenvalue weighted by molar-refractivity contribution is 0.475. The molecule has 0 amide bonds. The number of benzene rings is 1. The standard InChI is InChI=1S/C14H15N3O/c18-13-3-1-2-10(8-13)14-15-7-6-12(17-14)9-16-11-4-5-11/h1-3,6-8,11,16,18H,4-5,9H2. The summed E-state index contributed by atoms with van der Waals surface area (Å²) in [6, 6.07) is 9.59. The van der Waals surface area contributed by atoms with Crippen LogP contribution in [0.4, 0.5) is 0 Å². The summed E-state index contributed by atoms with van der Waals surface area (Å²) in [4.78, 5) is 8.74. The second-order valence-electron chi connectivity index (χ2n) is 4.58. The van der Waals surface area contributed by atoms with E-state index in [1.165, 1.54) is 12.8 Å². The van der Waals surface area contributed by atoms with Crippen molar-refractivity contribution in [3.8, 4) is 17.1 Å². The molecule has 4 nitrogen and oxygen atoms in total. The van der Waals surface area contributed by atoms with Crippen molar-refractivity contribution in [2.45, 2.75) is 25.4 Å². The van der Waals surface area contributed by atoms with Crippen LogP contribution in [0, 0.1) is 0 Å². The molecule has 0 bridgehead atoms. The molecule has 0 aliphatic heterocycles. The summed E-state index contributed by atoms with van der Waals surface area (Å²) in [6.45, 7) is 0.777. The lowest BCUT2D eigenvalue weighted by Crippen LogP contribution is -2.16. The first-order valence-electron chi connectivity index (χ1n) is 6.16. The lowest BCUT2D eigenvalue weighted by atomic mass is 10.2. The Bertz CT molecular complexity index is 552. The number of rotatable bonds is 4. The van der Waals surface area contributed by atoms with Crippen molar-refractivity contribution in [3.63, 3.8) is 0 Å². The molecule has 18 heavy (non-hydrogen) atoms. The van der Waals surface area contributed by atoms with Crippen LogP contribution in [-0.2, 0) is 6.54 Å². The van der Waals surface area contributed by atoms with E-state index < -0.39 is 0 Å². The van der Waals surface area contributed by atoms with Crippen LogP contribution < -0.4 is 5.32 Å². The topological polar surface area (TPSA) is 58.0 Å². The average Bonchev–Trinajstić information content (AvgIpc) is 3.21. The van der Waals surface area contributed by atoms with Gasteiger partial charge >= 0.3 is 0 Å². The van der Waals surface area contributed by atoms with E-state index in [0.717, 1.165) is 17.8 Å². The van der Waals surface area contributed by atoms with Crippen LogP contribution in [0.2, 0.25) is 0 Å². The third kappa shape index (κ3) is 2.65. The molecule has 0 unspecified atom stereocenters. The summed E-state index contributed by atoms with van der Waals surface area (Å²) in [5.41, 5.74) is 1.82. The van der Waals surface area contributed by atoms with Crippen LogP contribution in [0.15, 0.2) is 36.5 Å². The van der Waals surface area contributed by atoms with Crippen LogP contribution >= 0.6 is 0 Å². The van der Waals surface area contributed by atoms with Crippen LogP contribution in [-0.4, -0.2) is 21.1 Å². The fourth-order valence-corrected chi connectivity index (χ4v) is 1.81. The van der Waals surface area contributed by atoms with Gasteiger partial charge < -0.3 is 10.4 Å². The van der Waals surface area contributed by atoms with E-state index in [0.29, 0.717) is 11.9 Å². The predicted octanol–water partition coefficient (Wildman–Crippen LogP) is 2.10. The normalized spacial score (nSPS) is 14.7. The van der Waals surface area contributed by atoms with Crippen molar-refractivity contribution in [2.75, 3.05) is 0 Å². The van der Waals surface area contributed by atoms with Gasteiger partial charge in [0, 0.05) is 24.3 Å². The van der Waals surface area contributed by atoms with E-state index >= 15 is 0 Å². The monoisotopic (exact) mass is 241 g/mol. The number of phenols is 1. The molecular weight excluding hydrogens is 226 g/mol. The zero-order valence-corrected chi connectivity index (χ0v) is 10.0. The highest BCUT2D eigenvalue weighted by molar-refractivity contribution is 5.57. The molecule has 1 aromatic carbocycles. The Labute approximate surface area is 106 Å². The SMILES string of the molecule is Oc1cccc(-c2nccc(CNC3CC3)n2)c1. The van der Waals surface area contributed by atoms with Gasteiger partial charge in [0.25, 0.3) is 0 Å². The van der Waals surface area contributed by atoms with Gasteiger partial charge in [-0.2, -0.15) is 0 Å². The average molecular weight is 241 g/mol. The largest absolute Gasteiger partial charge is 0.508 e. The van der Waals surface area contributed by atoms with Crippen LogP contribution in [0.3, 0.4) is 0 Å². The molecule has 0 atom stereocenters. The lowest BCUT2D eigenvalue weighted by Gasteiger charge is -2.05. The Kier molecular flexibility index (Phi) is 2.94. The minimum atomic E-state index is 0.234. The van der Waals surface area contributed by atoms with Crippen LogP contribution in [0.25, 0.3) is 11.4 Å². The summed E-state index contributed by atoms with van der Waals surface area (Å²) in [5.74, 6) is 0.888. The van der Waals surface area contributed by atoms with Crippen molar-refractivity contribution >= 4 is 0 Å². The summed E-state index contributed by atoms with van der Waals surface area (Å²) >= 11 is 0.